The van der Waals surface area contributed by atoms with E-state index in [-0.39, 0.29) is 12.5 Å². The van der Waals surface area contributed by atoms with Crippen molar-refractivity contribution in [2.24, 2.45) is 0 Å². The number of thioether (sulfide) groups is 1. The highest BCUT2D eigenvalue weighted by Crippen LogP contribution is 2.37. The van der Waals surface area contributed by atoms with Crippen LogP contribution in [-0.4, -0.2) is 37.3 Å². The number of rotatable bonds is 4. The van der Waals surface area contributed by atoms with Crippen molar-refractivity contribution < 1.29 is 14.3 Å². The highest BCUT2D eigenvalue weighted by atomic mass is 32.2. The summed E-state index contributed by atoms with van der Waals surface area (Å²) < 4.78 is 4.73. The molecule has 2 aromatic rings. The molecule has 5 nitrogen and oxygen atoms in total. The van der Waals surface area contributed by atoms with E-state index >= 15 is 0 Å². The molecule has 0 bridgehead atoms. The number of ether oxygens (including phenoxy) is 1. The third-order valence-electron chi connectivity index (χ3n) is 4.27. The zero-order valence-electron chi connectivity index (χ0n) is 14.9. The van der Waals surface area contributed by atoms with Crippen molar-refractivity contribution in [1.82, 2.24) is 0 Å². The topological polar surface area (TPSA) is 58.6 Å². The Balaban J connectivity index is 1.71. The quantitative estimate of drug-likeness (QED) is 0.830. The van der Waals surface area contributed by atoms with Crippen LogP contribution in [-0.2, 0) is 9.53 Å². The number of benzene rings is 2. The molecule has 0 spiro atoms. The van der Waals surface area contributed by atoms with Gasteiger partial charge in [0, 0.05) is 22.4 Å². The highest BCUT2D eigenvalue weighted by molar-refractivity contribution is 8.00. The summed E-state index contributed by atoms with van der Waals surface area (Å²) in [5, 5.41) is 3.59. The Bertz CT molecular complexity index is 809. The average Bonchev–Trinajstić information content (AvgIpc) is 2.84. The van der Waals surface area contributed by atoms with Crippen LogP contribution in [0.3, 0.4) is 0 Å². The molecule has 26 heavy (non-hydrogen) atoms. The summed E-state index contributed by atoms with van der Waals surface area (Å²) >= 11 is 1.81. The van der Waals surface area contributed by atoms with E-state index in [1.165, 1.54) is 7.11 Å². The summed E-state index contributed by atoms with van der Waals surface area (Å²) in [4.78, 5) is 27.4. The molecule has 1 amide bonds. The number of hydrogen-bond acceptors (Lipinski definition) is 5. The van der Waals surface area contributed by atoms with Crippen LogP contribution in [0.1, 0.15) is 23.7 Å². The fourth-order valence-corrected chi connectivity index (χ4v) is 4.01. The number of fused-ring (bicyclic) bond motifs is 1. The van der Waals surface area contributed by atoms with Crippen molar-refractivity contribution in [2.45, 2.75) is 23.5 Å². The van der Waals surface area contributed by atoms with Gasteiger partial charge in [-0.15, -0.1) is 11.8 Å². The molecule has 0 aliphatic carbocycles. The van der Waals surface area contributed by atoms with Crippen LogP contribution in [0.2, 0.25) is 0 Å². The van der Waals surface area contributed by atoms with E-state index in [9.17, 15) is 9.59 Å². The predicted octanol–water partition coefficient (Wildman–Crippen LogP) is 3.80. The maximum Gasteiger partial charge on any atom is 0.337 e. The lowest BCUT2D eigenvalue weighted by atomic mass is 10.2. The molecule has 6 heteroatoms. The number of nitrogens with one attached hydrogen (secondary N) is 1. The number of para-hydroxylation sites is 1. The van der Waals surface area contributed by atoms with Gasteiger partial charge in [0.2, 0.25) is 5.91 Å². The maximum absolute atomic E-state index is 12.8. The number of carbonyl (C=O) groups is 2. The molecule has 0 aromatic heterocycles. The third-order valence-corrected chi connectivity index (χ3v) is 5.51. The Morgan fingerprint density at radius 3 is 2.85 bits per heavy atom. The van der Waals surface area contributed by atoms with E-state index in [1.807, 2.05) is 40.9 Å². The summed E-state index contributed by atoms with van der Waals surface area (Å²) in [5.41, 5.74) is 2.14. The van der Waals surface area contributed by atoms with E-state index < -0.39 is 5.97 Å². The highest BCUT2D eigenvalue weighted by Gasteiger charge is 2.23. The number of hydrogen-bond donors (Lipinski definition) is 1. The molecule has 0 saturated carbocycles. The van der Waals surface area contributed by atoms with Crippen LogP contribution >= 0.6 is 11.8 Å². The first-order valence-electron chi connectivity index (χ1n) is 8.57. The Morgan fingerprint density at radius 1 is 1.23 bits per heavy atom. The standard InChI is InChI=1S/C20H22N2O3S/c1-14-10-11-22(17-8-3-4-9-18(17)26-14)19(23)13-21-16-7-5-6-15(12-16)20(24)25-2/h3-9,12,14,21H,10-11,13H2,1-2H3. The van der Waals surface area contributed by atoms with Crippen LogP contribution in [0.15, 0.2) is 53.4 Å². The van der Waals surface area contributed by atoms with Gasteiger partial charge >= 0.3 is 5.97 Å². The lowest BCUT2D eigenvalue weighted by Gasteiger charge is -2.23. The SMILES string of the molecule is COC(=O)c1cccc(NCC(=O)N2CCC(C)Sc3ccccc32)c1. The van der Waals surface area contributed by atoms with E-state index in [0.29, 0.717) is 23.0 Å². The molecule has 1 atom stereocenters. The van der Waals surface area contributed by atoms with Gasteiger partial charge in [-0.3, -0.25) is 4.79 Å². The van der Waals surface area contributed by atoms with E-state index in [4.69, 9.17) is 4.74 Å². The van der Waals surface area contributed by atoms with Crippen LogP contribution < -0.4 is 10.2 Å². The number of esters is 1. The van der Waals surface area contributed by atoms with Gasteiger partial charge in [0.25, 0.3) is 0 Å². The molecular formula is C20H22N2O3S. The Hall–Kier alpha value is -2.47. The van der Waals surface area contributed by atoms with Crippen LogP contribution in [0.25, 0.3) is 0 Å². The number of carbonyl (C=O) groups excluding carboxylic acids is 2. The minimum Gasteiger partial charge on any atom is -0.465 e. The van der Waals surface area contributed by atoms with Gasteiger partial charge in [-0.05, 0) is 36.8 Å². The average molecular weight is 370 g/mol. The first kappa shape index (κ1) is 18.3. The smallest absolute Gasteiger partial charge is 0.337 e. The molecular weight excluding hydrogens is 348 g/mol. The lowest BCUT2D eigenvalue weighted by Crippen LogP contribution is -2.36. The molecule has 0 radical (unpaired) electrons. The van der Waals surface area contributed by atoms with Crippen LogP contribution in [0.4, 0.5) is 11.4 Å². The molecule has 1 unspecified atom stereocenters. The van der Waals surface area contributed by atoms with E-state index in [1.54, 1.807) is 18.2 Å². The summed E-state index contributed by atoms with van der Waals surface area (Å²) in [6.45, 7) is 3.05. The van der Waals surface area contributed by atoms with Crippen molar-refractivity contribution in [3.63, 3.8) is 0 Å². The zero-order chi connectivity index (χ0) is 18.5. The molecule has 1 heterocycles. The fourth-order valence-electron chi connectivity index (χ4n) is 2.89. The van der Waals surface area contributed by atoms with Gasteiger partial charge in [-0.2, -0.15) is 0 Å². The van der Waals surface area contributed by atoms with Crippen LogP contribution in [0.5, 0.6) is 0 Å². The molecule has 0 fully saturated rings. The fraction of sp³-hybridized carbons (Fsp3) is 0.300. The second-order valence-corrected chi connectivity index (χ2v) is 7.64. The van der Waals surface area contributed by atoms with Crippen LogP contribution in [0, 0.1) is 0 Å². The number of nitrogens with zero attached hydrogens (tertiary/aromatic N) is 1. The summed E-state index contributed by atoms with van der Waals surface area (Å²) in [6, 6.07) is 15.0. The second kappa shape index (κ2) is 8.27. The molecule has 136 valence electrons. The minimum atomic E-state index is -0.396. The van der Waals surface area contributed by atoms with E-state index in [2.05, 4.69) is 18.3 Å². The predicted molar refractivity (Wildman–Crippen MR) is 105 cm³/mol. The monoisotopic (exact) mass is 370 g/mol. The number of anilines is 2. The van der Waals surface area contributed by atoms with Gasteiger partial charge in [0.05, 0.1) is 24.9 Å². The van der Waals surface area contributed by atoms with Crippen molar-refractivity contribution in [3.05, 3.63) is 54.1 Å². The first-order valence-corrected chi connectivity index (χ1v) is 9.44. The Kier molecular flexibility index (Phi) is 5.83. The number of methoxy groups -OCH3 is 1. The molecule has 1 N–H and O–H groups in total. The molecule has 3 rings (SSSR count). The summed E-state index contributed by atoms with van der Waals surface area (Å²) in [5.74, 6) is -0.386. The second-order valence-electron chi connectivity index (χ2n) is 6.16. The third kappa shape index (κ3) is 4.19. The van der Waals surface area contributed by atoms with Gasteiger partial charge < -0.3 is 15.0 Å². The van der Waals surface area contributed by atoms with Gasteiger partial charge in [-0.1, -0.05) is 25.1 Å². The largest absolute Gasteiger partial charge is 0.465 e. The van der Waals surface area contributed by atoms with Gasteiger partial charge in [0.15, 0.2) is 0 Å². The van der Waals surface area contributed by atoms with Crippen molar-refractivity contribution in [2.75, 3.05) is 30.4 Å². The first-order chi connectivity index (χ1) is 12.6. The Labute approximate surface area is 157 Å². The Morgan fingerprint density at radius 2 is 2.04 bits per heavy atom. The summed E-state index contributed by atoms with van der Waals surface area (Å²) in [7, 11) is 1.35. The molecule has 1 aliphatic rings. The molecule has 0 saturated heterocycles. The van der Waals surface area contributed by atoms with Crippen molar-refractivity contribution in [3.8, 4) is 0 Å². The minimum absolute atomic E-state index is 0.00983. The molecule has 1 aliphatic heterocycles. The van der Waals surface area contributed by atoms with Gasteiger partial charge in [-0.25, -0.2) is 4.79 Å². The van der Waals surface area contributed by atoms with Gasteiger partial charge in [0.1, 0.15) is 0 Å². The van der Waals surface area contributed by atoms with E-state index in [0.717, 1.165) is 17.0 Å². The summed E-state index contributed by atoms with van der Waals surface area (Å²) in [6.07, 6.45) is 0.947. The zero-order valence-corrected chi connectivity index (χ0v) is 15.7. The van der Waals surface area contributed by atoms with Crippen molar-refractivity contribution >= 4 is 35.0 Å². The van der Waals surface area contributed by atoms with Crippen molar-refractivity contribution in [1.29, 1.82) is 0 Å². The molecule has 2 aromatic carbocycles. The lowest BCUT2D eigenvalue weighted by molar-refractivity contribution is -0.117. The maximum atomic E-state index is 12.8. The normalized spacial score (nSPS) is 16.4. The number of amides is 1.